The van der Waals surface area contributed by atoms with Crippen LogP contribution in [0.4, 0.5) is 0 Å². The van der Waals surface area contributed by atoms with E-state index in [2.05, 4.69) is 16.7 Å². The summed E-state index contributed by atoms with van der Waals surface area (Å²) in [5, 5.41) is 15.9. The molecule has 0 aromatic heterocycles. The minimum absolute atomic E-state index is 0.0307. The number of amides is 1. The molecule has 0 spiro atoms. The molecule has 1 heterocycles. The highest BCUT2D eigenvalue weighted by Crippen LogP contribution is 2.46. The standard InChI is InChI=1S/C17H26N2O3/c20-15-14-8-5-6-12(14)11-18-9-4-2-1-3-7-13-10-17(13,19-15)16(21)22/h3,7,12-14,18H,1-2,4-6,8-11H2,(H,19,20)(H,21,22). The maximum atomic E-state index is 12.6. The Kier molecular flexibility index (Phi) is 4.52. The predicted molar refractivity (Wildman–Crippen MR) is 83.3 cm³/mol. The lowest BCUT2D eigenvalue weighted by Crippen LogP contribution is -2.48. The van der Waals surface area contributed by atoms with Crippen LogP contribution in [0.15, 0.2) is 12.2 Å². The second-order valence-corrected chi connectivity index (χ2v) is 7.00. The van der Waals surface area contributed by atoms with Crippen LogP contribution in [0.2, 0.25) is 0 Å². The Hall–Kier alpha value is -1.36. The second kappa shape index (κ2) is 6.41. The van der Waals surface area contributed by atoms with Gasteiger partial charge >= 0.3 is 5.97 Å². The second-order valence-electron chi connectivity index (χ2n) is 7.00. The lowest BCUT2D eigenvalue weighted by atomic mass is 9.94. The van der Waals surface area contributed by atoms with E-state index in [-0.39, 0.29) is 17.7 Å². The number of carboxylic acids is 1. The van der Waals surface area contributed by atoms with Crippen LogP contribution in [0.3, 0.4) is 0 Å². The molecule has 3 N–H and O–H groups in total. The SMILES string of the molecule is O=C1NC2(C(=O)O)CC2C=CCCCCNCC2CCCC12. The molecule has 0 saturated heterocycles. The summed E-state index contributed by atoms with van der Waals surface area (Å²) in [7, 11) is 0. The number of fused-ring (bicyclic) bond motifs is 2. The molecule has 1 aliphatic heterocycles. The quantitative estimate of drug-likeness (QED) is 0.644. The van der Waals surface area contributed by atoms with Gasteiger partial charge < -0.3 is 15.7 Å². The van der Waals surface area contributed by atoms with Crippen LogP contribution >= 0.6 is 0 Å². The third-order valence-corrected chi connectivity index (χ3v) is 5.49. The van der Waals surface area contributed by atoms with Crippen molar-refractivity contribution in [2.45, 2.75) is 50.5 Å². The summed E-state index contributed by atoms with van der Waals surface area (Å²) in [6.07, 6.45) is 10.8. The van der Waals surface area contributed by atoms with Gasteiger partial charge in [-0.2, -0.15) is 0 Å². The number of nitrogens with one attached hydrogen (secondary N) is 2. The summed E-state index contributed by atoms with van der Waals surface area (Å²) in [4.78, 5) is 24.2. The van der Waals surface area contributed by atoms with E-state index in [4.69, 9.17) is 0 Å². The molecule has 5 nitrogen and oxygen atoms in total. The van der Waals surface area contributed by atoms with E-state index in [1.807, 2.05) is 6.08 Å². The molecule has 4 atom stereocenters. The van der Waals surface area contributed by atoms with Crippen molar-refractivity contribution in [3.63, 3.8) is 0 Å². The van der Waals surface area contributed by atoms with E-state index in [0.29, 0.717) is 12.3 Å². The number of carbonyl (C=O) groups is 2. The van der Waals surface area contributed by atoms with Gasteiger partial charge in [0.25, 0.3) is 0 Å². The van der Waals surface area contributed by atoms with Crippen LogP contribution in [0.1, 0.15) is 44.9 Å². The lowest BCUT2D eigenvalue weighted by Gasteiger charge is -2.23. The van der Waals surface area contributed by atoms with Crippen molar-refractivity contribution in [2.75, 3.05) is 13.1 Å². The molecule has 0 bridgehead atoms. The molecule has 2 aliphatic carbocycles. The van der Waals surface area contributed by atoms with Gasteiger partial charge in [-0.1, -0.05) is 18.6 Å². The molecule has 122 valence electrons. The molecule has 3 aliphatic rings. The zero-order chi connectivity index (χ0) is 15.6. The Bertz CT molecular complexity index is 477. The van der Waals surface area contributed by atoms with Crippen molar-refractivity contribution >= 4 is 11.9 Å². The highest BCUT2D eigenvalue weighted by Gasteiger charge is 2.61. The Morgan fingerprint density at radius 1 is 1.27 bits per heavy atom. The van der Waals surface area contributed by atoms with Crippen LogP contribution in [0.25, 0.3) is 0 Å². The van der Waals surface area contributed by atoms with Crippen LogP contribution < -0.4 is 10.6 Å². The van der Waals surface area contributed by atoms with Crippen molar-refractivity contribution in [3.05, 3.63) is 12.2 Å². The normalized spacial score (nSPS) is 39.3. The molecule has 0 aromatic carbocycles. The first-order valence-electron chi connectivity index (χ1n) is 8.56. The zero-order valence-corrected chi connectivity index (χ0v) is 13.0. The highest BCUT2D eigenvalue weighted by molar-refractivity contribution is 5.91. The first kappa shape index (κ1) is 15.5. The number of carboxylic acid groups (broad SMARTS) is 1. The van der Waals surface area contributed by atoms with Crippen LogP contribution in [-0.4, -0.2) is 35.6 Å². The first-order valence-corrected chi connectivity index (χ1v) is 8.56. The van der Waals surface area contributed by atoms with Gasteiger partial charge in [-0.05, 0) is 57.5 Å². The van der Waals surface area contributed by atoms with Gasteiger partial charge in [0.1, 0.15) is 5.54 Å². The number of carbonyl (C=O) groups excluding carboxylic acids is 1. The molecule has 0 aromatic rings. The van der Waals surface area contributed by atoms with Crippen molar-refractivity contribution in [1.29, 1.82) is 0 Å². The molecule has 2 fully saturated rings. The number of hydrogen-bond donors (Lipinski definition) is 3. The molecule has 5 heteroatoms. The number of allylic oxidation sites excluding steroid dienone is 1. The molecule has 2 saturated carbocycles. The van der Waals surface area contributed by atoms with Crippen LogP contribution in [0, 0.1) is 17.8 Å². The van der Waals surface area contributed by atoms with Crippen molar-refractivity contribution in [1.82, 2.24) is 10.6 Å². The molecular weight excluding hydrogens is 280 g/mol. The fourth-order valence-corrected chi connectivity index (χ4v) is 3.96. The largest absolute Gasteiger partial charge is 0.479 e. The summed E-state index contributed by atoms with van der Waals surface area (Å²) in [5.41, 5.74) is -1.04. The minimum Gasteiger partial charge on any atom is -0.479 e. The maximum absolute atomic E-state index is 12.6. The third-order valence-electron chi connectivity index (χ3n) is 5.49. The summed E-state index contributed by atoms with van der Waals surface area (Å²) < 4.78 is 0. The van der Waals surface area contributed by atoms with Crippen molar-refractivity contribution in [2.24, 2.45) is 17.8 Å². The van der Waals surface area contributed by atoms with Crippen molar-refractivity contribution < 1.29 is 14.7 Å². The lowest BCUT2D eigenvalue weighted by molar-refractivity contribution is -0.144. The molecule has 3 rings (SSSR count). The fraction of sp³-hybridized carbons (Fsp3) is 0.765. The third kappa shape index (κ3) is 3.05. The van der Waals surface area contributed by atoms with Gasteiger partial charge in [-0.25, -0.2) is 4.79 Å². The monoisotopic (exact) mass is 306 g/mol. The van der Waals surface area contributed by atoms with E-state index in [9.17, 15) is 14.7 Å². The molecular formula is C17H26N2O3. The number of aliphatic carboxylic acids is 1. The molecule has 4 unspecified atom stereocenters. The van der Waals surface area contributed by atoms with Crippen LogP contribution in [0.5, 0.6) is 0 Å². The Labute approximate surface area is 131 Å². The first-order chi connectivity index (χ1) is 10.6. The topological polar surface area (TPSA) is 78.4 Å². The summed E-state index contributed by atoms with van der Waals surface area (Å²) in [5.74, 6) is -0.678. The Morgan fingerprint density at radius 3 is 2.95 bits per heavy atom. The van der Waals surface area contributed by atoms with Gasteiger partial charge in [-0.15, -0.1) is 0 Å². The smallest absolute Gasteiger partial charge is 0.330 e. The average molecular weight is 306 g/mol. The summed E-state index contributed by atoms with van der Waals surface area (Å²) in [6, 6.07) is 0. The van der Waals surface area contributed by atoms with E-state index < -0.39 is 11.5 Å². The van der Waals surface area contributed by atoms with Gasteiger partial charge in [0, 0.05) is 11.8 Å². The van der Waals surface area contributed by atoms with E-state index in [1.54, 1.807) is 0 Å². The molecule has 22 heavy (non-hydrogen) atoms. The Balaban J connectivity index is 1.75. The molecule has 1 amide bonds. The van der Waals surface area contributed by atoms with E-state index >= 15 is 0 Å². The summed E-state index contributed by atoms with van der Waals surface area (Å²) in [6.45, 7) is 1.87. The Morgan fingerprint density at radius 2 is 2.14 bits per heavy atom. The van der Waals surface area contributed by atoms with Gasteiger partial charge in [0.05, 0.1) is 0 Å². The summed E-state index contributed by atoms with van der Waals surface area (Å²) >= 11 is 0. The van der Waals surface area contributed by atoms with Gasteiger partial charge in [0.15, 0.2) is 0 Å². The van der Waals surface area contributed by atoms with Crippen LogP contribution in [-0.2, 0) is 9.59 Å². The predicted octanol–water partition coefficient (Wildman–Crippen LogP) is 1.69. The molecule has 0 radical (unpaired) electrons. The van der Waals surface area contributed by atoms with Crippen molar-refractivity contribution in [3.8, 4) is 0 Å². The maximum Gasteiger partial charge on any atom is 0.330 e. The highest BCUT2D eigenvalue weighted by atomic mass is 16.4. The average Bonchev–Trinajstić information content (AvgIpc) is 2.97. The fourth-order valence-electron chi connectivity index (χ4n) is 3.96. The number of hydrogen-bond acceptors (Lipinski definition) is 3. The number of rotatable bonds is 1. The minimum atomic E-state index is -1.04. The van der Waals surface area contributed by atoms with Gasteiger partial charge in [0.2, 0.25) is 5.91 Å². The zero-order valence-electron chi connectivity index (χ0n) is 13.0. The van der Waals surface area contributed by atoms with E-state index in [1.165, 1.54) is 0 Å². The van der Waals surface area contributed by atoms with E-state index in [0.717, 1.165) is 51.6 Å². The van der Waals surface area contributed by atoms with Gasteiger partial charge in [-0.3, -0.25) is 4.79 Å².